The summed E-state index contributed by atoms with van der Waals surface area (Å²) in [4.78, 5) is 22.5. The highest BCUT2D eigenvalue weighted by molar-refractivity contribution is 5.85. The van der Waals surface area contributed by atoms with Gasteiger partial charge in [-0.3, -0.25) is 4.79 Å². The lowest BCUT2D eigenvalue weighted by Gasteiger charge is -2.21. The molecular formula is C14H27N2O3-. The van der Waals surface area contributed by atoms with E-state index in [4.69, 9.17) is 0 Å². The quantitative estimate of drug-likeness (QED) is 0.565. The van der Waals surface area contributed by atoms with Crippen LogP contribution in [-0.4, -0.2) is 30.5 Å². The number of nitrogens with one attached hydrogen (secondary N) is 2. The molecule has 0 radical (unpaired) electrons. The van der Waals surface area contributed by atoms with Crippen molar-refractivity contribution in [2.45, 2.75) is 65.5 Å². The van der Waals surface area contributed by atoms with Gasteiger partial charge in [0.15, 0.2) is 0 Å². The molecule has 5 heteroatoms. The molecule has 0 aliphatic rings. The second-order valence-corrected chi connectivity index (χ2v) is 5.63. The zero-order chi connectivity index (χ0) is 14.8. The van der Waals surface area contributed by atoms with Crippen LogP contribution >= 0.6 is 0 Å². The molecular weight excluding hydrogens is 244 g/mol. The summed E-state index contributed by atoms with van der Waals surface area (Å²) in [7, 11) is 0. The number of hydrogen-bond donors (Lipinski definition) is 2. The molecule has 0 saturated carbocycles. The van der Waals surface area contributed by atoms with E-state index < -0.39 is 12.0 Å². The molecule has 0 aromatic carbocycles. The maximum atomic E-state index is 11.8. The van der Waals surface area contributed by atoms with Crippen molar-refractivity contribution in [3.05, 3.63) is 0 Å². The average molecular weight is 271 g/mol. The summed E-state index contributed by atoms with van der Waals surface area (Å²) in [5, 5.41) is 16.3. The number of carboxylic acid groups (broad SMARTS) is 1. The average Bonchev–Trinajstić information content (AvgIpc) is 2.25. The van der Waals surface area contributed by atoms with Crippen LogP contribution in [0.4, 0.5) is 0 Å². The minimum absolute atomic E-state index is 0.0519. The summed E-state index contributed by atoms with van der Waals surface area (Å²) in [6, 6.07) is -0.661. The SMILES string of the molecule is CC(C)CCCCNC(=O)C(CC(=O)[O-])NC(C)C. The molecule has 1 amide bonds. The third-order valence-corrected chi connectivity index (χ3v) is 2.73. The zero-order valence-electron chi connectivity index (χ0n) is 12.5. The van der Waals surface area contributed by atoms with Crippen molar-refractivity contribution in [2.75, 3.05) is 6.54 Å². The number of amides is 1. The van der Waals surface area contributed by atoms with Crippen molar-refractivity contribution in [1.82, 2.24) is 10.6 Å². The van der Waals surface area contributed by atoms with Crippen LogP contribution in [0.15, 0.2) is 0 Å². The molecule has 19 heavy (non-hydrogen) atoms. The molecule has 0 bridgehead atoms. The Labute approximate surface area is 116 Å². The predicted octanol–water partition coefficient (Wildman–Crippen LogP) is 0.436. The topological polar surface area (TPSA) is 81.3 Å². The van der Waals surface area contributed by atoms with E-state index >= 15 is 0 Å². The summed E-state index contributed by atoms with van der Waals surface area (Å²) < 4.78 is 0. The van der Waals surface area contributed by atoms with Gasteiger partial charge in [0.1, 0.15) is 0 Å². The molecule has 0 aliphatic heterocycles. The van der Waals surface area contributed by atoms with E-state index in [0.717, 1.165) is 19.3 Å². The minimum Gasteiger partial charge on any atom is -0.550 e. The maximum Gasteiger partial charge on any atom is 0.237 e. The van der Waals surface area contributed by atoms with Crippen LogP contribution in [0, 0.1) is 5.92 Å². The maximum absolute atomic E-state index is 11.8. The number of carboxylic acids is 1. The first kappa shape index (κ1) is 17.9. The lowest BCUT2D eigenvalue weighted by molar-refractivity contribution is -0.306. The first-order valence-electron chi connectivity index (χ1n) is 7.06. The highest BCUT2D eigenvalue weighted by Crippen LogP contribution is 2.05. The highest BCUT2D eigenvalue weighted by atomic mass is 16.4. The Morgan fingerprint density at radius 1 is 1.11 bits per heavy atom. The fourth-order valence-electron chi connectivity index (χ4n) is 1.81. The molecule has 1 unspecified atom stereocenters. The first-order valence-corrected chi connectivity index (χ1v) is 7.06. The molecule has 0 fully saturated rings. The molecule has 0 rings (SSSR count). The van der Waals surface area contributed by atoms with Gasteiger partial charge >= 0.3 is 0 Å². The highest BCUT2D eigenvalue weighted by Gasteiger charge is 2.18. The Hall–Kier alpha value is -1.10. The van der Waals surface area contributed by atoms with E-state index in [1.165, 1.54) is 0 Å². The van der Waals surface area contributed by atoms with Gasteiger partial charge in [-0.25, -0.2) is 0 Å². The molecule has 0 aromatic rings. The van der Waals surface area contributed by atoms with E-state index in [1.807, 2.05) is 13.8 Å². The molecule has 0 spiro atoms. The number of aliphatic carboxylic acids is 1. The third-order valence-electron chi connectivity index (χ3n) is 2.73. The molecule has 2 N–H and O–H groups in total. The molecule has 112 valence electrons. The van der Waals surface area contributed by atoms with Crippen LogP contribution in [0.1, 0.15) is 53.4 Å². The zero-order valence-corrected chi connectivity index (χ0v) is 12.5. The Bertz CT molecular complexity index is 278. The second kappa shape index (κ2) is 9.78. The van der Waals surface area contributed by atoms with Crippen LogP contribution < -0.4 is 15.7 Å². The van der Waals surface area contributed by atoms with Gasteiger partial charge < -0.3 is 20.5 Å². The molecule has 1 atom stereocenters. The molecule has 0 saturated heterocycles. The fourth-order valence-corrected chi connectivity index (χ4v) is 1.81. The van der Waals surface area contributed by atoms with E-state index in [1.54, 1.807) is 0 Å². The van der Waals surface area contributed by atoms with E-state index in [0.29, 0.717) is 12.5 Å². The number of rotatable bonds is 10. The smallest absolute Gasteiger partial charge is 0.237 e. The Kier molecular flexibility index (Phi) is 9.21. The van der Waals surface area contributed by atoms with Gasteiger partial charge in [-0.15, -0.1) is 0 Å². The third kappa shape index (κ3) is 10.5. The number of carbonyl (C=O) groups is 2. The normalized spacial score (nSPS) is 12.7. The Balaban J connectivity index is 3.99. The number of carbonyl (C=O) groups excluding carboxylic acids is 2. The van der Waals surface area contributed by atoms with Crippen LogP contribution in [0.3, 0.4) is 0 Å². The fraction of sp³-hybridized carbons (Fsp3) is 0.857. The van der Waals surface area contributed by atoms with Crippen LogP contribution in [0.2, 0.25) is 0 Å². The lowest BCUT2D eigenvalue weighted by Crippen LogP contribution is -2.49. The number of unbranched alkanes of at least 4 members (excludes halogenated alkanes) is 1. The van der Waals surface area contributed by atoms with E-state index in [9.17, 15) is 14.7 Å². The molecule has 5 nitrogen and oxygen atoms in total. The second-order valence-electron chi connectivity index (χ2n) is 5.63. The van der Waals surface area contributed by atoms with E-state index in [2.05, 4.69) is 24.5 Å². The summed E-state index contributed by atoms with van der Waals surface area (Å²) >= 11 is 0. The molecule has 0 heterocycles. The monoisotopic (exact) mass is 271 g/mol. The van der Waals surface area contributed by atoms with Crippen molar-refractivity contribution >= 4 is 11.9 Å². The Morgan fingerprint density at radius 2 is 1.74 bits per heavy atom. The first-order chi connectivity index (χ1) is 8.82. The van der Waals surface area contributed by atoms with Gasteiger partial charge in [0.2, 0.25) is 5.91 Å². The summed E-state index contributed by atoms with van der Waals surface area (Å²) in [6.07, 6.45) is 2.84. The number of hydrogen-bond acceptors (Lipinski definition) is 4. The van der Waals surface area contributed by atoms with Crippen LogP contribution in [0.5, 0.6) is 0 Å². The van der Waals surface area contributed by atoms with Gasteiger partial charge in [-0.2, -0.15) is 0 Å². The van der Waals surface area contributed by atoms with E-state index in [-0.39, 0.29) is 18.4 Å². The largest absolute Gasteiger partial charge is 0.550 e. The standard InChI is InChI=1S/C14H28N2O3/c1-10(2)7-5-6-8-15-14(19)12(9-13(17)18)16-11(3)4/h10-12,16H,5-9H2,1-4H3,(H,15,19)(H,17,18)/p-1. The van der Waals surface area contributed by atoms with Gasteiger partial charge in [0.25, 0.3) is 0 Å². The van der Waals surface area contributed by atoms with Gasteiger partial charge in [-0.05, 0) is 12.3 Å². The molecule has 0 aromatic heterocycles. The van der Waals surface area contributed by atoms with Crippen molar-refractivity contribution in [2.24, 2.45) is 5.92 Å². The van der Waals surface area contributed by atoms with Gasteiger partial charge in [-0.1, -0.05) is 40.5 Å². The molecule has 0 aliphatic carbocycles. The van der Waals surface area contributed by atoms with Crippen molar-refractivity contribution in [3.63, 3.8) is 0 Å². The lowest BCUT2D eigenvalue weighted by atomic mass is 10.1. The van der Waals surface area contributed by atoms with Crippen molar-refractivity contribution < 1.29 is 14.7 Å². The summed E-state index contributed by atoms with van der Waals surface area (Å²) in [6.45, 7) is 8.67. The Morgan fingerprint density at radius 3 is 2.21 bits per heavy atom. The van der Waals surface area contributed by atoms with Crippen LogP contribution in [-0.2, 0) is 9.59 Å². The minimum atomic E-state index is -1.21. The van der Waals surface area contributed by atoms with Crippen molar-refractivity contribution in [3.8, 4) is 0 Å². The van der Waals surface area contributed by atoms with Gasteiger partial charge in [0.05, 0.1) is 6.04 Å². The van der Waals surface area contributed by atoms with Crippen LogP contribution in [0.25, 0.3) is 0 Å². The van der Waals surface area contributed by atoms with Gasteiger partial charge in [0, 0.05) is 25.0 Å². The summed E-state index contributed by atoms with van der Waals surface area (Å²) in [5.74, 6) is -0.806. The summed E-state index contributed by atoms with van der Waals surface area (Å²) in [5.41, 5.74) is 0. The predicted molar refractivity (Wildman–Crippen MR) is 73.4 cm³/mol. The van der Waals surface area contributed by atoms with Crippen molar-refractivity contribution in [1.29, 1.82) is 0 Å².